The first-order chi connectivity index (χ1) is 17.0. The number of hydrogen-bond donors (Lipinski definition) is 2. The number of benzene rings is 3. The molecule has 3 aromatic rings. The normalized spacial score (nSPS) is 11.3. The number of aliphatic carboxylic acids is 1. The molecule has 0 spiro atoms. The van der Waals surface area contributed by atoms with Gasteiger partial charge in [-0.15, -0.1) is 11.8 Å². The van der Waals surface area contributed by atoms with Crippen LogP contribution in [0.3, 0.4) is 0 Å². The van der Waals surface area contributed by atoms with Crippen molar-refractivity contribution in [2.24, 2.45) is 0 Å². The highest BCUT2D eigenvalue weighted by molar-refractivity contribution is 7.98. The lowest BCUT2D eigenvalue weighted by Gasteiger charge is -2.19. The molecule has 0 unspecified atom stereocenters. The Morgan fingerprint density at radius 2 is 1.67 bits per heavy atom. The quantitative estimate of drug-likeness (QED) is 0.315. The molecule has 0 saturated carbocycles. The first kappa shape index (κ1) is 27.1. The molecule has 0 heterocycles. The highest BCUT2D eigenvalue weighted by atomic mass is 32.2. The van der Waals surface area contributed by atoms with Gasteiger partial charge in [-0.05, 0) is 66.6 Å². The number of thioether (sulfide) groups is 1. The maximum atomic E-state index is 13.8. The highest BCUT2D eigenvalue weighted by Gasteiger charge is 2.35. The van der Waals surface area contributed by atoms with Crippen molar-refractivity contribution in [2.75, 3.05) is 18.2 Å². The van der Waals surface area contributed by atoms with Gasteiger partial charge in [0.15, 0.2) is 0 Å². The second-order valence-electron chi connectivity index (χ2n) is 8.25. The molecule has 0 radical (unpaired) electrons. The van der Waals surface area contributed by atoms with Crippen LogP contribution < -0.4 is 10.1 Å². The standard InChI is InChI=1S/C27H26F3NO4S/c1-16-11-20(35-10-9-18-7-5-4-6-8-18)12-17(2)25(16)26(34)31-22-13-19(14-24(32)33)23(36-3)15-21(22)27(28,29)30/h4-8,11-13,15H,9-10,14H2,1-3H3,(H,31,34)(H,32,33). The van der Waals surface area contributed by atoms with Crippen LogP contribution in [0.1, 0.15) is 38.2 Å². The van der Waals surface area contributed by atoms with Crippen molar-refractivity contribution in [1.82, 2.24) is 0 Å². The molecule has 1 amide bonds. The van der Waals surface area contributed by atoms with Crippen LogP contribution in [0.25, 0.3) is 0 Å². The minimum atomic E-state index is -4.74. The predicted octanol–water partition coefficient (Wildman–Crippen LogP) is 6.55. The van der Waals surface area contributed by atoms with Gasteiger partial charge in [0.1, 0.15) is 5.75 Å². The van der Waals surface area contributed by atoms with Crippen LogP contribution in [0.15, 0.2) is 59.5 Å². The molecule has 3 aromatic carbocycles. The molecular formula is C27H26F3NO4S. The first-order valence-electron chi connectivity index (χ1n) is 11.1. The minimum absolute atomic E-state index is 0.187. The number of rotatable bonds is 9. The second kappa shape index (κ2) is 11.5. The minimum Gasteiger partial charge on any atom is -0.493 e. The van der Waals surface area contributed by atoms with E-state index in [-0.39, 0.29) is 16.0 Å². The summed E-state index contributed by atoms with van der Waals surface area (Å²) in [5, 5.41) is 11.5. The Morgan fingerprint density at radius 1 is 1.03 bits per heavy atom. The summed E-state index contributed by atoms with van der Waals surface area (Å²) < 4.78 is 47.1. The number of amides is 1. The van der Waals surface area contributed by atoms with E-state index in [1.165, 1.54) is 0 Å². The van der Waals surface area contributed by atoms with Crippen molar-refractivity contribution in [1.29, 1.82) is 0 Å². The lowest BCUT2D eigenvalue weighted by molar-refractivity contribution is -0.137. The molecule has 2 N–H and O–H groups in total. The predicted molar refractivity (Wildman–Crippen MR) is 134 cm³/mol. The van der Waals surface area contributed by atoms with Crippen molar-refractivity contribution < 1.29 is 32.6 Å². The van der Waals surface area contributed by atoms with E-state index in [0.717, 1.165) is 29.5 Å². The van der Waals surface area contributed by atoms with Gasteiger partial charge in [0.05, 0.1) is 24.3 Å². The topological polar surface area (TPSA) is 75.6 Å². The summed E-state index contributed by atoms with van der Waals surface area (Å²) in [4.78, 5) is 24.5. The molecule has 0 aliphatic carbocycles. The molecule has 0 atom stereocenters. The van der Waals surface area contributed by atoms with Crippen LogP contribution in [-0.2, 0) is 23.8 Å². The lowest BCUT2D eigenvalue weighted by atomic mass is 10.0. The summed E-state index contributed by atoms with van der Waals surface area (Å²) in [6.07, 6.45) is -2.94. The van der Waals surface area contributed by atoms with Gasteiger partial charge in [0, 0.05) is 16.9 Å². The monoisotopic (exact) mass is 517 g/mol. The van der Waals surface area contributed by atoms with Crippen LogP contribution in [0.5, 0.6) is 5.75 Å². The number of aryl methyl sites for hydroxylation is 2. The first-order valence-corrected chi connectivity index (χ1v) is 12.3. The van der Waals surface area contributed by atoms with Gasteiger partial charge in [-0.2, -0.15) is 13.2 Å². The van der Waals surface area contributed by atoms with Gasteiger partial charge >= 0.3 is 12.1 Å². The van der Waals surface area contributed by atoms with Crippen LogP contribution in [0.4, 0.5) is 18.9 Å². The summed E-state index contributed by atoms with van der Waals surface area (Å²) in [6, 6.07) is 15.1. The maximum Gasteiger partial charge on any atom is 0.418 e. The molecule has 0 fully saturated rings. The van der Waals surface area contributed by atoms with Crippen molar-refractivity contribution in [3.8, 4) is 5.75 Å². The number of halogens is 3. The molecule has 0 saturated heterocycles. The molecule has 0 aliphatic rings. The fourth-order valence-corrected chi connectivity index (χ4v) is 4.56. The molecule has 3 rings (SSSR count). The number of ether oxygens (including phenoxy) is 1. The molecule has 190 valence electrons. The van der Waals surface area contributed by atoms with E-state index in [9.17, 15) is 22.8 Å². The largest absolute Gasteiger partial charge is 0.493 e. The number of carbonyl (C=O) groups is 2. The van der Waals surface area contributed by atoms with E-state index in [2.05, 4.69) is 5.32 Å². The maximum absolute atomic E-state index is 13.8. The SMILES string of the molecule is CSc1cc(C(F)(F)F)c(NC(=O)c2c(C)cc(OCCc3ccccc3)cc2C)cc1CC(=O)O. The molecule has 0 bridgehead atoms. The number of carboxylic acid groups (broad SMARTS) is 1. The van der Waals surface area contributed by atoms with Crippen LogP contribution >= 0.6 is 11.8 Å². The summed E-state index contributed by atoms with van der Waals surface area (Å²) >= 11 is 1.01. The second-order valence-corrected chi connectivity index (χ2v) is 9.10. The summed E-state index contributed by atoms with van der Waals surface area (Å²) in [6.45, 7) is 3.80. The van der Waals surface area contributed by atoms with Gasteiger partial charge in [-0.25, -0.2) is 0 Å². The molecule has 36 heavy (non-hydrogen) atoms. The smallest absolute Gasteiger partial charge is 0.418 e. The fraction of sp³-hybridized carbons (Fsp3) is 0.259. The van der Waals surface area contributed by atoms with Gasteiger partial charge in [0.2, 0.25) is 0 Å². The number of carboxylic acids is 1. The Kier molecular flexibility index (Phi) is 8.68. The number of carbonyl (C=O) groups excluding carboxylic acids is 1. The van der Waals surface area contributed by atoms with Crippen LogP contribution in [0.2, 0.25) is 0 Å². The number of hydrogen-bond acceptors (Lipinski definition) is 4. The van der Waals surface area contributed by atoms with E-state index in [1.807, 2.05) is 30.3 Å². The Bertz CT molecular complexity index is 1240. The van der Waals surface area contributed by atoms with Crippen LogP contribution in [-0.4, -0.2) is 29.8 Å². The average molecular weight is 518 g/mol. The average Bonchev–Trinajstić information content (AvgIpc) is 2.78. The van der Waals surface area contributed by atoms with Crippen molar-refractivity contribution in [3.63, 3.8) is 0 Å². The van der Waals surface area contributed by atoms with Crippen molar-refractivity contribution in [3.05, 3.63) is 88.0 Å². The van der Waals surface area contributed by atoms with E-state index in [0.29, 0.717) is 29.9 Å². The Balaban J connectivity index is 1.85. The highest BCUT2D eigenvalue weighted by Crippen LogP contribution is 2.39. The van der Waals surface area contributed by atoms with Crippen molar-refractivity contribution in [2.45, 2.75) is 37.8 Å². The number of alkyl halides is 3. The Hall–Kier alpha value is -3.46. The van der Waals surface area contributed by atoms with Gasteiger partial charge in [0.25, 0.3) is 5.91 Å². The summed E-state index contributed by atoms with van der Waals surface area (Å²) in [5.41, 5.74) is 1.11. The zero-order valence-corrected chi connectivity index (χ0v) is 20.8. The third-order valence-electron chi connectivity index (χ3n) is 5.55. The summed E-state index contributed by atoms with van der Waals surface area (Å²) in [5.74, 6) is -1.34. The van der Waals surface area contributed by atoms with E-state index in [1.54, 1.807) is 32.2 Å². The Labute approximate surface area is 211 Å². The molecular weight excluding hydrogens is 491 g/mol. The third-order valence-corrected chi connectivity index (χ3v) is 6.37. The molecule has 9 heteroatoms. The number of nitrogens with one attached hydrogen (secondary N) is 1. The van der Waals surface area contributed by atoms with Crippen molar-refractivity contribution >= 4 is 29.3 Å². The third kappa shape index (κ3) is 6.81. The molecule has 0 aromatic heterocycles. The summed E-state index contributed by atoms with van der Waals surface area (Å²) in [7, 11) is 0. The Morgan fingerprint density at radius 3 is 2.22 bits per heavy atom. The fourth-order valence-electron chi connectivity index (χ4n) is 3.94. The molecule has 0 aliphatic heterocycles. The number of anilines is 1. The van der Waals surface area contributed by atoms with E-state index in [4.69, 9.17) is 9.84 Å². The zero-order chi connectivity index (χ0) is 26.5. The van der Waals surface area contributed by atoms with Crippen LogP contribution in [0, 0.1) is 13.8 Å². The van der Waals surface area contributed by atoms with Gasteiger partial charge in [-0.3, -0.25) is 9.59 Å². The van der Waals surface area contributed by atoms with E-state index >= 15 is 0 Å². The van der Waals surface area contributed by atoms with E-state index < -0.39 is 35.7 Å². The lowest BCUT2D eigenvalue weighted by Crippen LogP contribution is -2.19. The molecule has 5 nitrogen and oxygen atoms in total. The van der Waals surface area contributed by atoms with Gasteiger partial charge < -0.3 is 15.2 Å². The zero-order valence-electron chi connectivity index (χ0n) is 20.0. The van der Waals surface area contributed by atoms with Gasteiger partial charge in [-0.1, -0.05) is 30.3 Å².